The number of nitrogens with one attached hydrogen (secondary N) is 1. The van der Waals surface area contributed by atoms with Crippen LogP contribution in [0.1, 0.15) is 18.9 Å². The first kappa shape index (κ1) is 15.3. The topological polar surface area (TPSA) is 41.6 Å². The maximum absolute atomic E-state index is 12.3. The number of nitrogens with zero attached hydrogens (tertiary/aromatic N) is 1. The van der Waals surface area contributed by atoms with Gasteiger partial charge in [0.25, 0.3) is 0 Å². The van der Waals surface area contributed by atoms with Crippen LogP contribution >= 0.6 is 11.6 Å². The van der Waals surface area contributed by atoms with Gasteiger partial charge in [-0.15, -0.1) is 0 Å². The molecule has 1 heterocycles. The molecular weight excluding hydrogens is 276 g/mol. The molecule has 0 bridgehead atoms. The quantitative estimate of drug-likeness (QED) is 0.904. The van der Waals surface area contributed by atoms with Crippen molar-refractivity contribution in [3.63, 3.8) is 0 Å². The third kappa shape index (κ3) is 4.47. The van der Waals surface area contributed by atoms with Crippen LogP contribution < -0.4 is 5.32 Å². The average molecular weight is 297 g/mol. The molecule has 1 N–H and O–H groups in total. The van der Waals surface area contributed by atoms with E-state index in [4.69, 9.17) is 16.3 Å². The molecule has 0 spiro atoms. The SMILES string of the molecule is CCN(Cc1ccc(Cl)cc1)C(=O)CC1COCCN1. The van der Waals surface area contributed by atoms with E-state index in [1.54, 1.807) is 0 Å². The Balaban J connectivity index is 1.89. The van der Waals surface area contributed by atoms with Crippen molar-refractivity contribution in [2.75, 3.05) is 26.3 Å². The Hall–Kier alpha value is -1.10. The van der Waals surface area contributed by atoms with Gasteiger partial charge in [0.15, 0.2) is 0 Å². The zero-order valence-corrected chi connectivity index (χ0v) is 12.5. The molecule has 110 valence electrons. The fraction of sp³-hybridized carbons (Fsp3) is 0.533. The van der Waals surface area contributed by atoms with E-state index in [1.807, 2.05) is 36.1 Å². The van der Waals surface area contributed by atoms with Gasteiger partial charge in [-0.05, 0) is 24.6 Å². The van der Waals surface area contributed by atoms with E-state index in [-0.39, 0.29) is 11.9 Å². The van der Waals surface area contributed by atoms with E-state index in [0.29, 0.717) is 31.1 Å². The Kier molecular flexibility index (Phi) is 5.83. The first-order chi connectivity index (χ1) is 9.69. The molecule has 0 aromatic heterocycles. The fourth-order valence-corrected chi connectivity index (χ4v) is 2.40. The number of carbonyl (C=O) groups excluding carboxylic acids is 1. The Labute approximate surface area is 125 Å². The summed E-state index contributed by atoms with van der Waals surface area (Å²) >= 11 is 5.87. The highest BCUT2D eigenvalue weighted by Crippen LogP contribution is 2.12. The largest absolute Gasteiger partial charge is 0.378 e. The van der Waals surface area contributed by atoms with Crippen molar-refractivity contribution in [3.05, 3.63) is 34.9 Å². The third-order valence-corrected chi connectivity index (χ3v) is 3.69. The molecule has 1 unspecified atom stereocenters. The minimum Gasteiger partial charge on any atom is -0.378 e. The van der Waals surface area contributed by atoms with Crippen LogP contribution in [0.25, 0.3) is 0 Å². The molecule has 0 radical (unpaired) electrons. The minimum absolute atomic E-state index is 0.135. The first-order valence-electron chi connectivity index (χ1n) is 7.02. The van der Waals surface area contributed by atoms with E-state index in [2.05, 4.69) is 5.32 Å². The molecule has 1 amide bonds. The number of morpholine rings is 1. The van der Waals surface area contributed by atoms with Gasteiger partial charge < -0.3 is 15.0 Å². The number of hydrogen-bond acceptors (Lipinski definition) is 3. The third-order valence-electron chi connectivity index (χ3n) is 3.44. The number of carbonyl (C=O) groups is 1. The normalized spacial score (nSPS) is 18.8. The maximum Gasteiger partial charge on any atom is 0.224 e. The van der Waals surface area contributed by atoms with E-state index < -0.39 is 0 Å². The van der Waals surface area contributed by atoms with Crippen molar-refractivity contribution in [2.45, 2.75) is 25.9 Å². The predicted octanol–water partition coefficient (Wildman–Crippen LogP) is 2.07. The zero-order valence-electron chi connectivity index (χ0n) is 11.8. The van der Waals surface area contributed by atoms with Gasteiger partial charge in [0, 0.05) is 37.1 Å². The van der Waals surface area contributed by atoms with Crippen LogP contribution in [0.3, 0.4) is 0 Å². The highest BCUT2D eigenvalue weighted by Gasteiger charge is 2.20. The molecule has 1 aliphatic rings. The van der Waals surface area contributed by atoms with Gasteiger partial charge in [-0.2, -0.15) is 0 Å². The summed E-state index contributed by atoms with van der Waals surface area (Å²) in [6.45, 7) is 5.49. The standard InChI is InChI=1S/C15H21ClN2O2/c1-2-18(10-12-3-5-13(16)6-4-12)15(19)9-14-11-20-8-7-17-14/h3-6,14,17H,2,7-11H2,1H3. The summed E-state index contributed by atoms with van der Waals surface area (Å²) in [7, 11) is 0. The second-order valence-electron chi connectivity index (χ2n) is 4.96. The molecular formula is C15H21ClN2O2. The second-order valence-corrected chi connectivity index (χ2v) is 5.40. The summed E-state index contributed by atoms with van der Waals surface area (Å²) in [4.78, 5) is 14.2. The van der Waals surface area contributed by atoms with Crippen LogP contribution in [0, 0.1) is 0 Å². The van der Waals surface area contributed by atoms with Crippen molar-refractivity contribution in [1.82, 2.24) is 10.2 Å². The summed E-state index contributed by atoms with van der Waals surface area (Å²) in [6.07, 6.45) is 0.488. The zero-order chi connectivity index (χ0) is 14.4. The van der Waals surface area contributed by atoms with Crippen molar-refractivity contribution in [3.8, 4) is 0 Å². The Morgan fingerprint density at radius 2 is 2.20 bits per heavy atom. The van der Waals surface area contributed by atoms with Gasteiger partial charge in [0.05, 0.1) is 13.2 Å². The number of hydrogen-bond donors (Lipinski definition) is 1. The van der Waals surface area contributed by atoms with E-state index in [1.165, 1.54) is 0 Å². The maximum atomic E-state index is 12.3. The lowest BCUT2D eigenvalue weighted by Crippen LogP contribution is -2.45. The summed E-state index contributed by atoms with van der Waals surface area (Å²) < 4.78 is 5.38. The van der Waals surface area contributed by atoms with Crippen LogP contribution in [0.5, 0.6) is 0 Å². The molecule has 2 rings (SSSR count). The lowest BCUT2D eigenvalue weighted by atomic mass is 10.1. The highest BCUT2D eigenvalue weighted by atomic mass is 35.5. The van der Waals surface area contributed by atoms with Crippen LogP contribution in [-0.2, 0) is 16.1 Å². The van der Waals surface area contributed by atoms with E-state index >= 15 is 0 Å². The lowest BCUT2D eigenvalue weighted by molar-refractivity contribution is -0.132. The number of amides is 1. The molecule has 0 aliphatic carbocycles. The monoisotopic (exact) mass is 296 g/mol. The Morgan fingerprint density at radius 3 is 2.80 bits per heavy atom. The summed E-state index contributed by atoms with van der Waals surface area (Å²) in [6, 6.07) is 7.76. The molecule has 1 aliphatic heterocycles. The number of benzene rings is 1. The molecule has 1 aromatic carbocycles. The molecule has 1 atom stereocenters. The van der Waals surface area contributed by atoms with Crippen LogP contribution in [0.2, 0.25) is 5.02 Å². The minimum atomic E-state index is 0.135. The van der Waals surface area contributed by atoms with Crippen molar-refractivity contribution in [2.24, 2.45) is 0 Å². The molecule has 0 saturated carbocycles. The molecule has 1 aromatic rings. The van der Waals surface area contributed by atoms with Gasteiger partial charge in [0.1, 0.15) is 0 Å². The molecule has 4 nitrogen and oxygen atoms in total. The summed E-state index contributed by atoms with van der Waals surface area (Å²) in [5.41, 5.74) is 1.09. The Bertz CT molecular complexity index is 430. The van der Waals surface area contributed by atoms with E-state index in [9.17, 15) is 4.79 Å². The van der Waals surface area contributed by atoms with Crippen molar-refractivity contribution >= 4 is 17.5 Å². The number of ether oxygens (including phenoxy) is 1. The Morgan fingerprint density at radius 1 is 1.45 bits per heavy atom. The second kappa shape index (κ2) is 7.62. The molecule has 5 heteroatoms. The van der Waals surface area contributed by atoms with Crippen LogP contribution in [-0.4, -0.2) is 43.2 Å². The number of halogens is 1. The van der Waals surface area contributed by atoms with E-state index in [0.717, 1.165) is 18.7 Å². The summed E-state index contributed by atoms with van der Waals surface area (Å²) in [5.74, 6) is 0.158. The van der Waals surface area contributed by atoms with Crippen molar-refractivity contribution < 1.29 is 9.53 Å². The van der Waals surface area contributed by atoms with Crippen LogP contribution in [0.15, 0.2) is 24.3 Å². The van der Waals surface area contributed by atoms with Gasteiger partial charge in [-0.3, -0.25) is 4.79 Å². The first-order valence-corrected chi connectivity index (χ1v) is 7.40. The van der Waals surface area contributed by atoms with Crippen LogP contribution in [0.4, 0.5) is 0 Å². The van der Waals surface area contributed by atoms with Gasteiger partial charge >= 0.3 is 0 Å². The predicted molar refractivity (Wildman–Crippen MR) is 79.8 cm³/mol. The smallest absolute Gasteiger partial charge is 0.224 e. The number of rotatable bonds is 5. The molecule has 20 heavy (non-hydrogen) atoms. The lowest BCUT2D eigenvalue weighted by Gasteiger charge is -2.27. The highest BCUT2D eigenvalue weighted by molar-refractivity contribution is 6.30. The van der Waals surface area contributed by atoms with Gasteiger partial charge in [-0.25, -0.2) is 0 Å². The average Bonchev–Trinajstić information content (AvgIpc) is 2.47. The van der Waals surface area contributed by atoms with Gasteiger partial charge in [-0.1, -0.05) is 23.7 Å². The summed E-state index contributed by atoms with van der Waals surface area (Å²) in [5, 5.41) is 4.02. The molecule has 1 saturated heterocycles. The molecule has 1 fully saturated rings. The van der Waals surface area contributed by atoms with Crippen molar-refractivity contribution in [1.29, 1.82) is 0 Å². The fourth-order valence-electron chi connectivity index (χ4n) is 2.28. The van der Waals surface area contributed by atoms with Gasteiger partial charge in [0.2, 0.25) is 5.91 Å².